The van der Waals surface area contributed by atoms with E-state index in [4.69, 9.17) is 9.47 Å². The Morgan fingerprint density at radius 2 is 1.65 bits per heavy atom. The van der Waals surface area contributed by atoms with Crippen molar-refractivity contribution < 1.29 is 9.47 Å². The van der Waals surface area contributed by atoms with Gasteiger partial charge in [0, 0.05) is 24.6 Å². The van der Waals surface area contributed by atoms with Crippen molar-refractivity contribution in [2.24, 2.45) is 7.05 Å². The minimum Gasteiger partial charge on any atom is -0.493 e. The monoisotopic (exact) mass is 233 g/mol. The van der Waals surface area contributed by atoms with Crippen LogP contribution in [0, 0.1) is 6.92 Å². The number of benzene rings is 1. The minimum atomic E-state index is -0.0257. The lowest BCUT2D eigenvalue weighted by atomic mass is 10.1. The molecule has 0 aliphatic heterocycles. The maximum atomic E-state index is 11.7. The third-order valence-electron chi connectivity index (χ3n) is 2.96. The summed E-state index contributed by atoms with van der Waals surface area (Å²) >= 11 is 0. The Labute approximate surface area is 99.4 Å². The van der Waals surface area contributed by atoms with Crippen LogP contribution in [0.3, 0.4) is 0 Å². The lowest BCUT2D eigenvalue weighted by molar-refractivity contribution is 0.355. The molecular weight excluding hydrogens is 218 g/mol. The second kappa shape index (κ2) is 4.13. The lowest BCUT2D eigenvalue weighted by Gasteiger charge is -2.12. The number of pyridine rings is 1. The average Bonchev–Trinajstić information content (AvgIpc) is 2.34. The maximum absolute atomic E-state index is 11.7. The molecule has 0 saturated heterocycles. The molecule has 2 rings (SSSR count). The van der Waals surface area contributed by atoms with Crippen LogP contribution in [0.15, 0.2) is 23.0 Å². The SMILES string of the molecule is COc1cc2c(C)cc(=O)n(C)c2cc1OC. The van der Waals surface area contributed by atoms with Crippen molar-refractivity contribution in [3.63, 3.8) is 0 Å². The van der Waals surface area contributed by atoms with Gasteiger partial charge < -0.3 is 14.0 Å². The van der Waals surface area contributed by atoms with Gasteiger partial charge in [-0.15, -0.1) is 0 Å². The Balaban J connectivity index is 2.92. The first kappa shape index (κ1) is 11.5. The molecule has 4 nitrogen and oxygen atoms in total. The van der Waals surface area contributed by atoms with Gasteiger partial charge in [-0.1, -0.05) is 0 Å². The third-order valence-corrected chi connectivity index (χ3v) is 2.96. The van der Waals surface area contributed by atoms with E-state index in [0.717, 1.165) is 16.5 Å². The fraction of sp³-hybridized carbons (Fsp3) is 0.308. The fourth-order valence-electron chi connectivity index (χ4n) is 1.94. The molecule has 90 valence electrons. The van der Waals surface area contributed by atoms with E-state index >= 15 is 0 Å². The second-order valence-electron chi connectivity index (χ2n) is 3.95. The molecule has 0 atom stereocenters. The number of ether oxygens (including phenoxy) is 2. The molecule has 0 amide bonds. The molecule has 0 bridgehead atoms. The predicted octanol–water partition coefficient (Wildman–Crippen LogP) is 1.86. The van der Waals surface area contributed by atoms with Crippen LogP contribution >= 0.6 is 0 Å². The van der Waals surface area contributed by atoms with Crippen LogP contribution in [0.25, 0.3) is 10.9 Å². The highest BCUT2D eigenvalue weighted by Gasteiger charge is 2.10. The number of hydrogen-bond acceptors (Lipinski definition) is 3. The molecule has 0 unspecified atom stereocenters. The zero-order valence-electron chi connectivity index (χ0n) is 10.4. The van der Waals surface area contributed by atoms with Crippen molar-refractivity contribution in [3.8, 4) is 11.5 Å². The van der Waals surface area contributed by atoms with Crippen molar-refractivity contribution >= 4 is 10.9 Å². The van der Waals surface area contributed by atoms with Gasteiger partial charge in [-0.25, -0.2) is 0 Å². The van der Waals surface area contributed by atoms with Crippen LogP contribution in [0.2, 0.25) is 0 Å². The Morgan fingerprint density at radius 3 is 2.24 bits per heavy atom. The number of hydrogen-bond donors (Lipinski definition) is 0. The molecule has 0 saturated carbocycles. The van der Waals surface area contributed by atoms with Gasteiger partial charge in [0.2, 0.25) is 0 Å². The van der Waals surface area contributed by atoms with Crippen LogP contribution < -0.4 is 15.0 Å². The molecule has 17 heavy (non-hydrogen) atoms. The average molecular weight is 233 g/mol. The van der Waals surface area contributed by atoms with Gasteiger partial charge in [0.15, 0.2) is 11.5 Å². The van der Waals surface area contributed by atoms with Crippen LogP contribution in [0.5, 0.6) is 11.5 Å². The van der Waals surface area contributed by atoms with E-state index in [2.05, 4.69) is 0 Å². The van der Waals surface area contributed by atoms with E-state index < -0.39 is 0 Å². The van der Waals surface area contributed by atoms with Gasteiger partial charge in [-0.3, -0.25) is 4.79 Å². The molecule has 1 aromatic heterocycles. The van der Waals surface area contributed by atoms with Gasteiger partial charge in [0.1, 0.15) is 0 Å². The minimum absolute atomic E-state index is 0.0257. The second-order valence-corrected chi connectivity index (χ2v) is 3.95. The molecule has 0 N–H and O–H groups in total. The standard InChI is InChI=1S/C13H15NO3/c1-8-5-13(15)14(2)10-7-12(17-4)11(16-3)6-9(8)10/h5-7H,1-4H3. The fourth-order valence-corrected chi connectivity index (χ4v) is 1.94. The topological polar surface area (TPSA) is 40.5 Å². The summed E-state index contributed by atoms with van der Waals surface area (Å²) in [5.41, 5.74) is 1.75. The van der Waals surface area contributed by atoms with Crippen molar-refractivity contribution in [1.82, 2.24) is 4.57 Å². The van der Waals surface area contributed by atoms with Crippen molar-refractivity contribution in [2.75, 3.05) is 14.2 Å². The number of methoxy groups -OCH3 is 2. The van der Waals surface area contributed by atoms with Gasteiger partial charge in [-0.2, -0.15) is 0 Å². The normalized spacial score (nSPS) is 10.6. The molecule has 0 fully saturated rings. The summed E-state index contributed by atoms with van der Waals surface area (Å²) in [6.07, 6.45) is 0. The Morgan fingerprint density at radius 1 is 1.06 bits per heavy atom. The van der Waals surface area contributed by atoms with Crippen LogP contribution in [-0.2, 0) is 7.05 Å². The summed E-state index contributed by atoms with van der Waals surface area (Å²) in [6.45, 7) is 1.91. The van der Waals surface area contributed by atoms with Gasteiger partial charge in [-0.05, 0) is 18.6 Å². The van der Waals surface area contributed by atoms with Crippen LogP contribution in [0.4, 0.5) is 0 Å². The van der Waals surface area contributed by atoms with Crippen molar-refractivity contribution in [1.29, 1.82) is 0 Å². The first-order chi connectivity index (χ1) is 8.08. The van der Waals surface area contributed by atoms with E-state index in [1.54, 1.807) is 31.9 Å². The smallest absolute Gasteiger partial charge is 0.251 e. The van der Waals surface area contributed by atoms with E-state index in [1.165, 1.54) is 0 Å². The molecule has 2 aromatic rings. The molecule has 0 aliphatic rings. The van der Waals surface area contributed by atoms with Crippen LogP contribution in [-0.4, -0.2) is 18.8 Å². The van der Waals surface area contributed by atoms with Crippen molar-refractivity contribution in [2.45, 2.75) is 6.92 Å². The number of rotatable bonds is 2. The molecule has 0 spiro atoms. The van der Waals surface area contributed by atoms with Gasteiger partial charge in [0.25, 0.3) is 5.56 Å². The van der Waals surface area contributed by atoms with Gasteiger partial charge in [0.05, 0.1) is 19.7 Å². The summed E-state index contributed by atoms with van der Waals surface area (Å²) in [5, 5.41) is 0.991. The molecular formula is C13H15NO3. The summed E-state index contributed by atoms with van der Waals surface area (Å²) in [7, 11) is 4.93. The number of fused-ring (bicyclic) bond motifs is 1. The number of aryl methyl sites for hydroxylation is 2. The predicted molar refractivity (Wildman–Crippen MR) is 67.0 cm³/mol. The first-order valence-electron chi connectivity index (χ1n) is 5.31. The largest absolute Gasteiger partial charge is 0.493 e. The third kappa shape index (κ3) is 1.75. The van der Waals surface area contributed by atoms with Crippen molar-refractivity contribution in [3.05, 3.63) is 34.1 Å². The zero-order valence-corrected chi connectivity index (χ0v) is 10.4. The zero-order chi connectivity index (χ0) is 12.6. The molecule has 1 heterocycles. The summed E-state index contributed by atoms with van der Waals surface area (Å²) in [6, 6.07) is 5.33. The highest BCUT2D eigenvalue weighted by atomic mass is 16.5. The quantitative estimate of drug-likeness (QED) is 0.795. The summed E-state index contributed by atoms with van der Waals surface area (Å²) < 4.78 is 12.1. The highest BCUT2D eigenvalue weighted by Crippen LogP contribution is 2.32. The molecule has 1 aromatic carbocycles. The number of aromatic nitrogens is 1. The first-order valence-corrected chi connectivity index (χ1v) is 5.31. The summed E-state index contributed by atoms with van der Waals surface area (Å²) in [5.74, 6) is 1.29. The highest BCUT2D eigenvalue weighted by molar-refractivity contribution is 5.86. The van der Waals surface area contributed by atoms with E-state index in [9.17, 15) is 4.79 Å². The Bertz CT molecular complexity index is 629. The molecule has 0 aliphatic carbocycles. The maximum Gasteiger partial charge on any atom is 0.251 e. The van der Waals surface area contributed by atoms with E-state index in [0.29, 0.717) is 11.5 Å². The Hall–Kier alpha value is -1.97. The lowest BCUT2D eigenvalue weighted by Crippen LogP contribution is -2.16. The molecule has 0 radical (unpaired) electrons. The number of nitrogens with zero attached hydrogens (tertiary/aromatic N) is 1. The summed E-state index contributed by atoms with van der Waals surface area (Å²) in [4.78, 5) is 11.7. The Kier molecular flexibility index (Phi) is 2.79. The van der Waals surface area contributed by atoms with Crippen LogP contribution in [0.1, 0.15) is 5.56 Å². The van der Waals surface area contributed by atoms with E-state index in [1.807, 2.05) is 19.1 Å². The van der Waals surface area contributed by atoms with E-state index in [-0.39, 0.29) is 5.56 Å². The van der Waals surface area contributed by atoms with Gasteiger partial charge >= 0.3 is 0 Å². The molecule has 4 heteroatoms.